The Morgan fingerprint density at radius 2 is 2.00 bits per heavy atom. The quantitative estimate of drug-likeness (QED) is 0.755. The highest BCUT2D eigenvalue weighted by molar-refractivity contribution is 5.93. The molecule has 0 bridgehead atoms. The van der Waals surface area contributed by atoms with Crippen LogP contribution in [0.3, 0.4) is 0 Å². The van der Waals surface area contributed by atoms with Crippen LogP contribution in [0.15, 0.2) is 18.7 Å². The van der Waals surface area contributed by atoms with Crippen LogP contribution in [0.25, 0.3) is 0 Å². The second-order valence-corrected chi connectivity index (χ2v) is 3.00. The minimum absolute atomic E-state index is 0.0735. The Hall–Kier alpha value is -1.98. The van der Waals surface area contributed by atoms with Crippen LogP contribution in [0.4, 0.5) is 0 Å². The van der Waals surface area contributed by atoms with Crippen molar-refractivity contribution < 1.29 is 14.7 Å². The van der Waals surface area contributed by atoms with Crippen LogP contribution < -0.4 is 0 Å². The van der Waals surface area contributed by atoms with Crippen molar-refractivity contribution in [1.29, 1.82) is 0 Å². The smallest absolute Gasteiger partial charge is 0.305 e. The third kappa shape index (κ3) is 3.34. The first-order chi connectivity index (χ1) is 7.11. The molecule has 0 radical (unpaired) electrons. The SMILES string of the molecule is CN(CCC(=O)O)C(=O)c1cncnc1. The van der Waals surface area contributed by atoms with E-state index in [1.807, 2.05) is 0 Å². The molecule has 1 N–H and O–H groups in total. The van der Waals surface area contributed by atoms with Gasteiger partial charge in [-0.15, -0.1) is 0 Å². The molecule has 0 saturated carbocycles. The average Bonchev–Trinajstić information content (AvgIpc) is 2.26. The average molecular weight is 209 g/mol. The molecule has 1 aromatic heterocycles. The normalized spacial score (nSPS) is 9.67. The van der Waals surface area contributed by atoms with Crippen molar-refractivity contribution in [2.45, 2.75) is 6.42 Å². The second kappa shape index (κ2) is 5.04. The minimum atomic E-state index is -0.932. The predicted octanol–water partition coefficient (Wildman–Crippen LogP) is 0.0233. The Morgan fingerprint density at radius 1 is 1.40 bits per heavy atom. The Bertz CT molecular complexity index is 353. The van der Waals surface area contributed by atoms with Gasteiger partial charge in [-0.1, -0.05) is 0 Å². The molecule has 0 aliphatic carbocycles. The maximum Gasteiger partial charge on any atom is 0.305 e. The molecule has 1 amide bonds. The minimum Gasteiger partial charge on any atom is -0.481 e. The molecule has 0 unspecified atom stereocenters. The van der Waals surface area contributed by atoms with Crippen molar-refractivity contribution in [3.63, 3.8) is 0 Å². The number of carbonyl (C=O) groups is 2. The molecule has 80 valence electrons. The van der Waals surface area contributed by atoms with Gasteiger partial charge in [-0.3, -0.25) is 9.59 Å². The molecule has 6 heteroatoms. The number of nitrogens with zero attached hydrogens (tertiary/aromatic N) is 3. The van der Waals surface area contributed by atoms with E-state index in [0.29, 0.717) is 5.56 Å². The lowest BCUT2D eigenvalue weighted by Crippen LogP contribution is -2.29. The number of carbonyl (C=O) groups excluding carboxylic acids is 1. The fourth-order valence-electron chi connectivity index (χ4n) is 0.995. The van der Waals surface area contributed by atoms with E-state index >= 15 is 0 Å². The van der Waals surface area contributed by atoms with Gasteiger partial charge in [0.1, 0.15) is 6.33 Å². The van der Waals surface area contributed by atoms with E-state index in [1.54, 1.807) is 0 Å². The summed E-state index contributed by atoms with van der Waals surface area (Å²) in [7, 11) is 1.54. The summed E-state index contributed by atoms with van der Waals surface area (Å²) in [6.45, 7) is 0.170. The standard InChI is InChI=1S/C9H11N3O3/c1-12(3-2-8(13)14)9(15)7-4-10-6-11-5-7/h4-6H,2-3H2,1H3,(H,13,14). The highest BCUT2D eigenvalue weighted by Gasteiger charge is 2.12. The van der Waals surface area contributed by atoms with Crippen molar-refractivity contribution in [2.75, 3.05) is 13.6 Å². The largest absolute Gasteiger partial charge is 0.481 e. The maximum atomic E-state index is 11.6. The lowest BCUT2D eigenvalue weighted by molar-refractivity contribution is -0.137. The monoisotopic (exact) mass is 209 g/mol. The van der Waals surface area contributed by atoms with Crippen molar-refractivity contribution in [3.05, 3.63) is 24.3 Å². The van der Waals surface area contributed by atoms with E-state index in [0.717, 1.165) is 0 Å². The van der Waals surface area contributed by atoms with Crippen molar-refractivity contribution in [2.24, 2.45) is 0 Å². The summed E-state index contributed by atoms with van der Waals surface area (Å²) in [4.78, 5) is 30.7. The number of aliphatic carboxylic acids is 1. The highest BCUT2D eigenvalue weighted by Crippen LogP contribution is 2.00. The molecule has 1 aromatic rings. The third-order valence-corrected chi connectivity index (χ3v) is 1.82. The first kappa shape index (κ1) is 11.1. The van der Waals surface area contributed by atoms with Gasteiger partial charge < -0.3 is 10.0 Å². The van der Waals surface area contributed by atoms with Gasteiger partial charge in [-0.2, -0.15) is 0 Å². The van der Waals surface area contributed by atoms with Gasteiger partial charge in [0.15, 0.2) is 0 Å². The van der Waals surface area contributed by atoms with Crippen LogP contribution in [0.5, 0.6) is 0 Å². The van der Waals surface area contributed by atoms with Crippen LogP contribution in [0.1, 0.15) is 16.8 Å². The fourth-order valence-corrected chi connectivity index (χ4v) is 0.995. The molecule has 0 aliphatic rings. The van der Waals surface area contributed by atoms with E-state index in [-0.39, 0.29) is 18.9 Å². The molecule has 0 saturated heterocycles. The van der Waals surface area contributed by atoms with Crippen molar-refractivity contribution in [1.82, 2.24) is 14.9 Å². The van der Waals surface area contributed by atoms with E-state index < -0.39 is 5.97 Å². The number of carboxylic acid groups (broad SMARTS) is 1. The summed E-state index contributed by atoms with van der Waals surface area (Å²) in [6.07, 6.45) is 4.04. The second-order valence-electron chi connectivity index (χ2n) is 3.00. The van der Waals surface area contributed by atoms with E-state index in [9.17, 15) is 9.59 Å². The zero-order valence-electron chi connectivity index (χ0n) is 8.25. The molecule has 0 atom stereocenters. The van der Waals surface area contributed by atoms with Crippen LogP contribution in [-0.2, 0) is 4.79 Å². The van der Waals surface area contributed by atoms with Gasteiger partial charge in [0.2, 0.25) is 0 Å². The van der Waals surface area contributed by atoms with Crippen LogP contribution in [0, 0.1) is 0 Å². The van der Waals surface area contributed by atoms with E-state index in [4.69, 9.17) is 5.11 Å². The topological polar surface area (TPSA) is 83.4 Å². The van der Waals surface area contributed by atoms with Gasteiger partial charge in [0.05, 0.1) is 12.0 Å². The lowest BCUT2D eigenvalue weighted by Gasteiger charge is -2.15. The van der Waals surface area contributed by atoms with Gasteiger partial charge in [0, 0.05) is 26.0 Å². The van der Waals surface area contributed by atoms with Gasteiger partial charge in [-0.05, 0) is 0 Å². The number of hydrogen-bond donors (Lipinski definition) is 1. The Labute approximate surface area is 86.6 Å². The number of rotatable bonds is 4. The number of carboxylic acids is 1. The summed E-state index contributed by atoms with van der Waals surface area (Å²) in [5.41, 5.74) is 0.352. The van der Waals surface area contributed by atoms with E-state index in [1.165, 1.54) is 30.7 Å². The lowest BCUT2D eigenvalue weighted by atomic mass is 10.3. The number of amides is 1. The van der Waals surface area contributed by atoms with Crippen molar-refractivity contribution in [3.8, 4) is 0 Å². The summed E-state index contributed by atoms with van der Waals surface area (Å²) in [5, 5.41) is 8.45. The number of hydrogen-bond acceptors (Lipinski definition) is 4. The molecular formula is C9H11N3O3. The Morgan fingerprint density at radius 3 is 2.53 bits per heavy atom. The zero-order chi connectivity index (χ0) is 11.3. The molecule has 0 spiro atoms. The van der Waals surface area contributed by atoms with Crippen molar-refractivity contribution >= 4 is 11.9 Å². The van der Waals surface area contributed by atoms with Crippen LogP contribution >= 0.6 is 0 Å². The summed E-state index contributed by atoms with van der Waals surface area (Å²) >= 11 is 0. The molecule has 6 nitrogen and oxygen atoms in total. The Balaban J connectivity index is 2.57. The Kier molecular flexibility index (Phi) is 3.73. The highest BCUT2D eigenvalue weighted by atomic mass is 16.4. The first-order valence-corrected chi connectivity index (χ1v) is 4.33. The first-order valence-electron chi connectivity index (χ1n) is 4.33. The molecule has 1 rings (SSSR count). The summed E-state index contributed by atoms with van der Waals surface area (Å²) in [5.74, 6) is -1.21. The third-order valence-electron chi connectivity index (χ3n) is 1.82. The zero-order valence-corrected chi connectivity index (χ0v) is 8.25. The molecule has 15 heavy (non-hydrogen) atoms. The van der Waals surface area contributed by atoms with Gasteiger partial charge in [0.25, 0.3) is 5.91 Å². The molecule has 1 heterocycles. The fraction of sp³-hybridized carbons (Fsp3) is 0.333. The molecule has 0 aliphatic heterocycles. The summed E-state index contributed by atoms with van der Waals surface area (Å²) < 4.78 is 0. The van der Waals surface area contributed by atoms with Crippen LogP contribution in [-0.4, -0.2) is 45.4 Å². The van der Waals surface area contributed by atoms with E-state index in [2.05, 4.69) is 9.97 Å². The maximum absolute atomic E-state index is 11.6. The summed E-state index contributed by atoms with van der Waals surface area (Å²) in [6, 6.07) is 0. The predicted molar refractivity (Wildman–Crippen MR) is 51.2 cm³/mol. The van der Waals surface area contributed by atoms with Crippen LogP contribution in [0.2, 0.25) is 0 Å². The van der Waals surface area contributed by atoms with Gasteiger partial charge in [-0.25, -0.2) is 9.97 Å². The van der Waals surface area contributed by atoms with Gasteiger partial charge >= 0.3 is 5.97 Å². The molecule has 0 fully saturated rings. The molecular weight excluding hydrogens is 198 g/mol. The number of aromatic nitrogens is 2. The molecule has 0 aromatic carbocycles.